The van der Waals surface area contributed by atoms with Crippen LogP contribution in [0.1, 0.15) is 45.4 Å². The molecule has 0 N–H and O–H groups in total. The molecule has 20 heavy (non-hydrogen) atoms. The highest BCUT2D eigenvalue weighted by Crippen LogP contribution is 2.33. The summed E-state index contributed by atoms with van der Waals surface area (Å²) in [6.07, 6.45) is 5.63. The molecule has 2 rings (SSSR count). The summed E-state index contributed by atoms with van der Waals surface area (Å²) in [6.45, 7) is 3.16. The van der Waals surface area contributed by atoms with Gasteiger partial charge in [-0.1, -0.05) is 19.8 Å². The summed E-state index contributed by atoms with van der Waals surface area (Å²) in [5.41, 5.74) is 0. The topological polar surface area (TPSA) is 63.7 Å². The van der Waals surface area contributed by atoms with Crippen molar-refractivity contribution in [2.45, 2.75) is 56.7 Å². The van der Waals surface area contributed by atoms with E-state index in [4.69, 9.17) is 4.74 Å². The fourth-order valence-electron chi connectivity index (χ4n) is 3.23. The summed E-state index contributed by atoms with van der Waals surface area (Å²) < 4.78 is 29.4. The summed E-state index contributed by atoms with van der Waals surface area (Å²) in [7, 11) is -2.99. The van der Waals surface area contributed by atoms with Gasteiger partial charge in [-0.3, -0.25) is 4.79 Å². The van der Waals surface area contributed by atoms with Gasteiger partial charge in [-0.2, -0.15) is 0 Å². The van der Waals surface area contributed by atoms with Crippen molar-refractivity contribution in [1.82, 2.24) is 4.90 Å². The number of hydrogen-bond donors (Lipinski definition) is 0. The first kappa shape index (κ1) is 15.8. The second-order valence-corrected chi connectivity index (χ2v) is 8.09. The molecule has 1 saturated carbocycles. The first-order valence-electron chi connectivity index (χ1n) is 7.65. The van der Waals surface area contributed by atoms with E-state index in [2.05, 4.69) is 6.92 Å². The number of ether oxygens (including phenoxy) is 1. The van der Waals surface area contributed by atoms with Crippen LogP contribution in [0, 0.1) is 0 Å². The van der Waals surface area contributed by atoms with Gasteiger partial charge in [-0.15, -0.1) is 0 Å². The summed E-state index contributed by atoms with van der Waals surface area (Å²) >= 11 is 0. The summed E-state index contributed by atoms with van der Waals surface area (Å²) in [5.74, 6) is 0.0590. The van der Waals surface area contributed by atoms with E-state index in [-0.39, 0.29) is 29.6 Å². The van der Waals surface area contributed by atoms with Crippen LogP contribution in [0.15, 0.2) is 0 Å². The largest absolute Gasteiger partial charge is 0.372 e. The SMILES string of the molecule is CCCCCOCC(=O)N1CCS(=O)(=O)C2CCCC21. The Balaban J connectivity index is 1.84. The van der Waals surface area contributed by atoms with Crippen LogP contribution in [0.2, 0.25) is 0 Å². The molecule has 2 atom stereocenters. The lowest BCUT2D eigenvalue weighted by molar-refractivity contribution is -0.138. The van der Waals surface area contributed by atoms with Crippen LogP contribution in [0.4, 0.5) is 0 Å². The van der Waals surface area contributed by atoms with Gasteiger partial charge in [-0.05, 0) is 25.7 Å². The summed E-state index contributed by atoms with van der Waals surface area (Å²) in [6, 6.07) is -0.111. The Morgan fingerprint density at radius 1 is 1.30 bits per heavy atom. The van der Waals surface area contributed by atoms with E-state index in [1.54, 1.807) is 4.90 Å². The zero-order chi connectivity index (χ0) is 14.6. The van der Waals surface area contributed by atoms with Gasteiger partial charge in [0.15, 0.2) is 9.84 Å². The standard InChI is InChI=1S/C14H25NO4S/c1-2-3-4-9-19-11-14(16)15-8-10-20(17,18)13-7-5-6-12(13)15/h12-13H,2-11H2,1H3. The number of amides is 1. The Labute approximate surface area is 121 Å². The van der Waals surface area contributed by atoms with Crippen molar-refractivity contribution in [3.8, 4) is 0 Å². The molecule has 1 heterocycles. The molecule has 0 radical (unpaired) electrons. The van der Waals surface area contributed by atoms with Crippen LogP contribution in [0.5, 0.6) is 0 Å². The molecule has 6 heteroatoms. The lowest BCUT2D eigenvalue weighted by Crippen LogP contribution is -2.55. The molecule has 2 unspecified atom stereocenters. The third-order valence-corrected chi connectivity index (χ3v) is 6.56. The van der Waals surface area contributed by atoms with E-state index in [1.807, 2.05) is 0 Å². The fraction of sp³-hybridized carbons (Fsp3) is 0.929. The van der Waals surface area contributed by atoms with E-state index >= 15 is 0 Å². The maximum Gasteiger partial charge on any atom is 0.248 e. The molecule has 1 aliphatic carbocycles. The fourth-order valence-corrected chi connectivity index (χ4v) is 5.27. The van der Waals surface area contributed by atoms with Crippen molar-refractivity contribution in [2.24, 2.45) is 0 Å². The van der Waals surface area contributed by atoms with Crippen LogP contribution >= 0.6 is 0 Å². The molecule has 0 bridgehead atoms. The molecule has 2 aliphatic rings. The number of hydrogen-bond acceptors (Lipinski definition) is 4. The van der Waals surface area contributed by atoms with Crippen LogP contribution in [-0.4, -0.2) is 56.0 Å². The number of unbranched alkanes of at least 4 members (excludes halogenated alkanes) is 2. The number of sulfone groups is 1. The smallest absolute Gasteiger partial charge is 0.248 e. The zero-order valence-corrected chi connectivity index (χ0v) is 13.0. The second-order valence-electron chi connectivity index (χ2n) is 5.75. The molecule has 1 aliphatic heterocycles. The monoisotopic (exact) mass is 303 g/mol. The quantitative estimate of drug-likeness (QED) is 0.695. The lowest BCUT2D eigenvalue weighted by atomic mass is 10.2. The van der Waals surface area contributed by atoms with Gasteiger partial charge in [0.1, 0.15) is 6.61 Å². The maximum absolute atomic E-state index is 12.2. The predicted molar refractivity (Wildman–Crippen MR) is 77.3 cm³/mol. The van der Waals surface area contributed by atoms with Crippen LogP contribution in [-0.2, 0) is 19.4 Å². The van der Waals surface area contributed by atoms with E-state index in [1.165, 1.54) is 0 Å². The number of carbonyl (C=O) groups excluding carboxylic acids is 1. The van der Waals surface area contributed by atoms with E-state index < -0.39 is 9.84 Å². The Hall–Kier alpha value is -0.620. The van der Waals surface area contributed by atoms with Crippen molar-refractivity contribution in [2.75, 3.05) is 25.5 Å². The van der Waals surface area contributed by atoms with E-state index in [0.717, 1.165) is 32.1 Å². The van der Waals surface area contributed by atoms with Crippen molar-refractivity contribution >= 4 is 15.7 Å². The third kappa shape index (κ3) is 3.52. The molecule has 0 spiro atoms. The minimum Gasteiger partial charge on any atom is -0.372 e. The normalized spacial score (nSPS) is 28.4. The molecule has 116 valence electrons. The molecular weight excluding hydrogens is 278 g/mol. The number of rotatable bonds is 6. The number of nitrogens with zero attached hydrogens (tertiary/aromatic N) is 1. The van der Waals surface area contributed by atoms with Gasteiger partial charge in [0.25, 0.3) is 0 Å². The number of carbonyl (C=O) groups is 1. The van der Waals surface area contributed by atoms with Crippen molar-refractivity contribution in [1.29, 1.82) is 0 Å². The van der Waals surface area contributed by atoms with Gasteiger partial charge in [0.05, 0.1) is 11.0 Å². The van der Waals surface area contributed by atoms with Crippen molar-refractivity contribution in [3.63, 3.8) is 0 Å². The Morgan fingerprint density at radius 2 is 2.10 bits per heavy atom. The molecule has 0 aromatic heterocycles. The maximum atomic E-state index is 12.2. The molecule has 0 aromatic rings. The minimum absolute atomic E-state index is 0.0479. The molecule has 2 fully saturated rings. The Morgan fingerprint density at radius 3 is 2.85 bits per heavy atom. The molecule has 0 aromatic carbocycles. The molecule has 1 amide bonds. The van der Waals surface area contributed by atoms with Crippen LogP contribution in [0.25, 0.3) is 0 Å². The van der Waals surface area contributed by atoms with E-state index in [9.17, 15) is 13.2 Å². The lowest BCUT2D eigenvalue weighted by Gasteiger charge is -2.37. The Kier molecular flexibility index (Phi) is 5.43. The van der Waals surface area contributed by atoms with Gasteiger partial charge in [-0.25, -0.2) is 8.42 Å². The highest BCUT2D eigenvalue weighted by molar-refractivity contribution is 7.92. The summed E-state index contributed by atoms with van der Waals surface area (Å²) in [5, 5.41) is -0.333. The molecular formula is C14H25NO4S. The van der Waals surface area contributed by atoms with Crippen molar-refractivity contribution in [3.05, 3.63) is 0 Å². The molecule has 1 saturated heterocycles. The van der Waals surface area contributed by atoms with Gasteiger partial charge in [0.2, 0.25) is 5.91 Å². The summed E-state index contributed by atoms with van der Waals surface area (Å²) in [4.78, 5) is 13.9. The number of fused-ring (bicyclic) bond motifs is 1. The highest BCUT2D eigenvalue weighted by Gasteiger charge is 2.45. The average Bonchev–Trinajstić information content (AvgIpc) is 2.89. The highest BCUT2D eigenvalue weighted by atomic mass is 32.2. The zero-order valence-electron chi connectivity index (χ0n) is 12.2. The third-order valence-electron chi connectivity index (χ3n) is 4.33. The van der Waals surface area contributed by atoms with Gasteiger partial charge >= 0.3 is 0 Å². The van der Waals surface area contributed by atoms with Crippen molar-refractivity contribution < 1.29 is 17.9 Å². The van der Waals surface area contributed by atoms with Crippen LogP contribution in [0.3, 0.4) is 0 Å². The molecule has 5 nitrogen and oxygen atoms in total. The first-order valence-corrected chi connectivity index (χ1v) is 9.36. The predicted octanol–water partition coefficient (Wildman–Crippen LogP) is 1.37. The minimum atomic E-state index is -2.99. The Bertz CT molecular complexity index is 434. The van der Waals surface area contributed by atoms with Crippen LogP contribution < -0.4 is 0 Å². The first-order chi connectivity index (χ1) is 9.56. The average molecular weight is 303 g/mol. The second kappa shape index (κ2) is 6.89. The van der Waals surface area contributed by atoms with E-state index in [0.29, 0.717) is 19.6 Å². The van der Waals surface area contributed by atoms with Gasteiger partial charge < -0.3 is 9.64 Å². The van der Waals surface area contributed by atoms with Gasteiger partial charge in [0, 0.05) is 19.2 Å².